The number of likely N-dealkylation sites (tertiary alicyclic amines) is 1. The predicted molar refractivity (Wildman–Crippen MR) is 134 cm³/mol. The van der Waals surface area contributed by atoms with Crippen molar-refractivity contribution in [2.24, 2.45) is 5.41 Å². The Morgan fingerprint density at radius 1 is 1.06 bits per heavy atom. The molecule has 3 aromatic rings. The van der Waals surface area contributed by atoms with E-state index >= 15 is 0 Å². The van der Waals surface area contributed by atoms with Crippen LogP contribution in [0.5, 0.6) is 0 Å². The van der Waals surface area contributed by atoms with Crippen LogP contribution in [0.4, 0.5) is 0 Å². The van der Waals surface area contributed by atoms with Crippen LogP contribution in [0.15, 0.2) is 47.2 Å². The molecule has 7 heteroatoms. The van der Waals surface area contributed by atoms with E-state index in [4.69, 9.17) is 4.52 Å². The second-order valence-corrected chi connectivity index (χ2v) is 11.1. The molecule has 1 aromatic carbocycles. The van der Waals surface area contributed by atoms with E-state index in [1.54, 1.807) is 12.4 Å². The molecule has 1 atom stereocenters. The van der Waals surface area contributed by atoms with Crippen LogP contribution < -0.4 is 0 Å². The van der Waals surface area contributed by atoms with E-state index in [0.29, 0.717) is 17.6 Å². The molecule has 0 spiro atoms. The summed E-state index contributed by atoms with van der Waals surface area (Å²) in [5.41, 5.74) is 1.98. The maximum absolute atomic E-state index is 12.4. The number of benzene rings is 1. The average molecular weight is 477 g/mol. The molecular formula is C28H36N4O3. The Bertz CT molecular complexity index is 1160. The summed E-state index contributed by atoms with van der Waals surface area (Å²) >= 11 is 0. The molecule has 7 nitrogen and oxygen atoms in total. The third kappa shape index (κ3) is 4.30. The van der Waals surface area contributed by atoms with Gasteiger partial charge in [-0.1, -0.05) is 50.2 Å². The molecule has 0 amide bonds. The lowest BCUT2D eigenvalue weighted by Crippen LogP contribution is -2.63. The molecule has 2 aromatic heterocycles. The molecule has 2 aliphatic rings. The normalized spacial score (nSPS) is 24.2. The lowest BCUT2D eigenvalue weighted by Gasteiger charge is -2.55. The smallest absolute Gasteiger partial charge is 0.230 e. The lowest BCUT2D eigenvalue weighted by atomic mass is 9.62. The first-order valence-corrected chi connectivity index (χ1v) is 12.7. The van der Waals surface area contributed by atoms with Gasteiger partial charge in [-0.2, -0.15) is 4.98 Å². The zero-order valence-electron chi connectivity index (χ0n) is 21.1. The Hall–Kier alpha value is -2.61. The van der Waals surface area contributed by atoms with E-state index in [2.05, 4.69) is 72.1 Å². The van der Waals surface area contributed by atoms with Gasteiger partial charge in [0, 0.05) is 47.9 Å². The molecule has 186 valence electrons. The van der Waals surface area contributed by atoms with E-state index in [9.17, 15) is 10.2 Å². The van der Waals surface area contributed by atoms with Gasteiger partial charge >= 0.3 is 0 Å². The molecule has 5 rings (SSSR count). The number of aliphatic hydroxyl groups excluding tert-OH is 1. The second kappa shape index (κ2) is 9.12. The average Bonchev–Trinajstić information content (AvgIpc) is 3.33. The summed E-state index contributed by atoms with van der Waals surface area (Å²) in [6, 6.07) is 10.3. The van der Waals surface area contributed by atoms with Gasteiger partial charge in [-0.15, -0.1) is 0 Å². The second-order valence-electron chi connectivity index (χ2n) is 11.1. The van der Waals surface area contributed by atoms with E-state index in [0.717, 1.165) is 55.5 Å². The minimum absolute atomic E-state index is 0.177. The van der Waals surface area contributed by atoms with Gasteiger partial charge in [0.2, 0.25) is 11.7 Å². The first kappa shape index (κ1) is 24.1. The summed E-state index contributed by atoms with van der Waals surface area (Å²) in [7, 11) is 2.07. The number of hydrogen-bond acceptors (Lipinski definition) is 7. The van der Waals surface area contributed by atoms with Crippen LogP contribution in [-0.4, -0.2) is 56.5 Å². The topological polar surface area (TPSA) is 95.5 Å². The molecule has 1 aliphatic carbocycles. The Kier molecular flexibility index (Phi) is 6.28. The summed E-state index contributed by atoms with van der Waals surface area (Å²) in [5, 5.41) is 26.5. The van der Waals surface area contributed by atoms with Crippen molar-refractivity contribution in [1.82, 2.24) is 20.0 Å². The first-order valence-electron chi connectivity index (χ1n) is 12.7. The minimum atomic E-state index is -1.22. The van der Waals surface area contributed by atoms with Crippen LogP contribution >= 0.6 is 0 Å². The van der Waals surface area contributed by atoms with Gasteiger partial charge < -0.3 is 19.6 Å². The van der Waals surface area contributed by atoms with Crippen molar-refractivity contribution in [1.29, 1.82) is 0 Å². The van der Waals surface area contributed by atoms with Crippen LogP contribution in [-0.2, 0) is 5.60 Å². The molecule has 1 saturated carbocycles. The third-order valence-electron chi connectivity index (χ3n) is 8.01. The number of hydrogen-bond donors (Lipinski definition) is 2. The molecule has 0 radical (unpaired) electrons. The van der Waals surface area contributed by atoms with Crippen molar-refractivity contribution < 1.29 is 14.7 Å². The first-order chi connectivity index (χ1) is 16.7. The fourth-order valence-electron chi connectivity index (χ4n) is 5.95. The Morgan fingerprint density at radius 2 is 1.74 bits per heavy atom. The summed E-state index contributed by atoms with van der Waals surface area (Å²) in [5.74, 6) is 1.70. The number of aliphatic hydroxyl groups is 2. The fourth-order valence-corrected chi connectivity index (χ4v) is 5.95. The van der Waals surface area contributed by atoms with Gasteiger partial charge in [-0.05, 0) is 55.8 Å². The number of nitrogens with zero attached hydrogens (tertiary/aromatic N) is 4. The van der Waals surface area contributed by atoms with Crippen LogP contribution in [0.2, 0.25) is 0 Å². The largest absolute Gasteiger partial charge is 0.393 e. The van der Waals surface area contributed by atoms with Gasteiger partial charge in [0.25, 0.3) is 0 Å². The highest BCUT2D eigenvalue weighted by molar-refractivity contribution is 5.56. The molecule has 3 heterocycles. The molecule has 35 heavy (non-hydrogen) atoms. The molecule has 1 unspecified atom stereocenters. The van der Waals surface area contributed by atoms with Crippen molar-refractivity contribution in [2.75, 3.05) is 20.1 Å². The summed E-state index contributed by atoms with van der Waals surface area (Å²) in [4.78, 5) is 11.4. The number of rotatable bonds is 6. The van der Waals surface area contributed by atoms with Crippen LogP contribution in [0.1, 0.15) is 80.9 Å². The van der Waals surface area contributed by atoms with Gasteiger partial charge in [0.1, 0.15) is 5.60 Å². The van der Waals surface area contributed by atoms with Crippen LogP contribution in [0, 0.1) is 5.41 Å². The SMILES string of the molecule is CC(C)c1ccc(C(O)(c2cncc(-c3noc(C4CCC(O)CC4)n3)c2)C2(C)CN(C)C2)cc1. The molecule has 2 N–H and O–H groups in total. The predicted octanol–water partition coefficient (Wildman–Crippen LogP) is 4.46. The zero-order chi connectivity index (χ0) is 24.8. The Labute approximate surface area is 207 Å². The Morgan fingerprint density at radius 3 is 2.37 bits per heavy atom. The lowest BCUT2D eigenvalue weighted by molar-refractivity contribution is -0.127. The summed E-state index contributed by atoms with van der Waals surface area (Å²) < 4.78 is 5.61. The van der Waals surface area contributed by atoms with Crippen molar-refractivity contribution in [3.8, 4) is 11.4 Å². The van der Waals surface area contributed by atoms with Gasteiger partial charge in [-0.25, -0.2) is 0 Å². The van der Waals surface area contributed by atoms with E-state index < -0.39 is 5.60 Å². The van der Waals surface area contributed by atoms with Crippen LogP contribution in [0.3, 0.4) is 0 Å². The van der Waals surface area contributed by atoms with E-state index in [1.165, 1.54) is 5.56 Å². The van der Waals surface area contributed by atoms with Crippen molar-refractivity contribution in [3.05, 3.63) is 65.3 Å². The highest BCUT2D eigenvalue weighted by Gasteiger charge is 2.55. The molecule has 1 aliphatic heterocycles. The van der Waals surface area contributed by atoms with E-state index in [-0.39, 0.29) is 17.4 Å². The zero-order valence-corrected chi connectivity index (χ0v) is 21.1. The van der Waals surface area contributed by atoms with E-state index in [1.807, 2.05) is 6.07 Å². The minimum Gasteiger partial charge on any atom is -0.393 e. The van der Waals surface area contributed by atoms with Crippen molar-refractivity contribution in [3.63, 3.8) is 0 Å². The maximum Gasteiger partial charge on any atom is 0.230 e. The molecule has 0 bridgehead atoms. The maximum atomic E-state index is 12.4. The molecule has 1 saturated heterocycles. The highest BCUT2D eigenvalue weighted by atomic mass is 16.5. The number of aromatic nitrogens is 3. The highest BCUT2D eigenvalue weighted by Crippen LogP contribution is 2.50. The van der Waals surface area contributed by atoms with Gasteiger partial charge in [-0.3, -0.25) is 4.98 Å². The fraction of sp³-hybridized carbons (Fsp3) is 0.536. The van der Waals surface area contributed by atoms with Crippen LogP contribution in [0.25, 0.3) is 11.4 Å². The summed E-state index contributed by atoms with van der Waals surface area (Å²) in [6.45, 7) is 8.04. The molecular weight excluding hydrogens is 440 g/mol. The molecule has 2 fully saturated rings. The van der Waals surface area contributed by atoms with Crippen molar-refractivity contribution >= 4 is 0 Å². The third-order valence-corrected chi connectivity index (χ3v) is 8.01. The standard InChI is InChI=1S/C28H36N4O3/c1-18(2)19-5-9-22(10-6-19)28(34,27(3)16-32(4)17-27)23-13-21(14-29-15-23)25-30-26(35-31-25)20-7-11-24(33)12-8-20/h5-6,9-10,13-15,18,20,24,33-34H,7-8,11-12,16-17H2,1-4H3. The monoisotopic (exact) mass is 476 g/mol. The van der Waals surface area contributed by atoms with Crippen molar-refractivity contribution in [2.45, 2.75) is 70.0 Å². The van der Waals surface area contributed by atoms with Gasteiger partial charge in [0.15, 0.2) is 0 Å². The number of pyridine rings is 1. The summed E-state index contributed by atoms with van der Waals surface area (Å²) in [6.07, 6.45) is 6.46. The Balaban J connectivity index is 1.50. The quantitative estimate of drug-likeness (QED) is 0.542. The van der Waals surface area contributed by atoms with Gasteiger partial charge in [0.05, 0.1) is 6.10 Å².